The Morgan fingerprint density at radius 3 is 2.71 bits per heavy atom. The van der Waals surface area contributed by atoms with Crippen molar-refractivity contribution in [2.75, 3.05) is 5.73 Å². The van der Waals surface area contributed by atoms with Gasteiger partial charge in [-0.2, -0.15) is 18.3 Å². The first kappa shape index (κ1) is 13.3. The Morgan fingerprint density at radius 1 is 1.24 bits per heavy atom. The highest BCUT2D eigenvalue weighted by Gasteiger charge is 2.29. The summed E-state index contributed by atoms with van der Waals surface area (Å²) in [7, 11) is 0. The minimum Gasteiger partial charge on any atom is -0.367 e. The molecule has 0 saturated carbocycles. The Bertz CT molecular complexity index is 803. The number of aromatic nitrogens is 5. The molecule has 0 spiro atoms. The average molecular weight is 300 g/mol. The van der Waals surface area contributed by atoms with Gasteiger partial charge in [0, 0.05) is 12.3 Å². The number of anilines is 1. The number of alkyl halides is 3. The molecule has 10 heteroatoms. The fourth-order valence-corrected chi connectivity index (χ4v) is 1.90. The molecule has 0 atom stereocenters. The lowest BCUT2D eigenvalue weighted by Gasteiger charge is -2.03. The quantitative estimate of drug-likeness (QED) is 0.732. The van der Waals surface area contributed by atoms with Gasteiger partial charge in [0.15, 0.2) is 11.6 Å². The van der Waals surface area contributed by atoms with Crippen LogP contribution < -0.4 is 5.73 Å². The summed E-state index contributed by atoms with van der Waals surface area (Å²) in [6, 6.07) is 2.29. The van der Waals surface area contributed by atoms with E-state index in [-0.39, 0.29) is 23.0 Å². The number of fused-ring (bicyclic) bond motifs is 1. The van der Waals surface area contributed by atoms with Crippen LogP contribution in [0, 0.1) is 5.82 Å². The molecule has 21 heavy (non-hydrogen) atoms. The monoisotopic (exact) mass is 300 g/mol. The van der Waals surface area contributed by atoms with Gasteiger partial charge in [-0.25, -0.2) is 18.6 Å². The summed E-state index contributed by atoms with van der Waals surface area (Å²) < 4.78 is 52.9. The van der Waals surface area contributed by atoms with Crippen LogP contribution >= 0.6 is 0 Å². The molecular formula is C11H8F4N6. The van der Waals surface area contributed by atoms with E-state index in [0.717, 1.165) is 15.3 Å². The van der Waals surface area contributed by atoms with E-state index < -0.39 is 18.4 Å². The van der Waals surface area contributed by atoms with Crippen LogP contribution in [0.5, 0.6) is 0 Å². The van der Waals surface area contributed by atoms with Crippen LogP contribution in [0.25, 0.3) is 11.3 Å². The molecule has 0 unspecified atom stereocenters. The third-order valence-corrected chi connectivity index (χ3v) is 2.73. The molecule has 3 aromatic heterocycles. The Kier molecular flexibility index (Phi) is 2.81. The number of rotatable bonds is 2. The van der Waals surface area contributed by atoms with Crippen LogP contribution in [0.15, 0.2) is 24.5 Å². The van der Waals surface area contributed by atoms with Crippen molar-refractivity contribution in [1.82, 2.24) is 24.4 Å². The lowest BCUT2D eigenvalue weighted by Crippen LogP contribution is -2.12. The molecule has 0 aliphatic carbocycles. The summed E-state index contributed by atoms with van der Waals surface area (Å²) >= 11 is 0. The predicted molar refractivity (Wildman–Crippen MR) is 64.2 cm³/mol. The van der Waals surface area contributed by atoms with Gasteiger partial charge in [0.05, 0.1) is 18.3 Å². The number of halogens is 4. The molecule has 0 radical (unpaired) electrons. The van der Waals surface area contributed by atoms with Gasteiger partial charge >= 0.3 is 6.18 Å². The number of nitrogens with zero attached hydrogens (tertiary/aromatic N) is 5. The first-order chi connectivity index (χ1) is 9.83. The summed E-state index contributed by atoms with van der Waals surface area (Å²) in [5.41, 5.74) is 5.29. The van der Waals surface area contributed by atoms with Gasteiger partial charge in [-0.15, -0.1) is 5.10 Å². The first-order valence-electron chi connectivity index (χ1n) is 5.75. The van der Waals surface area contributed by atoms with Gasteiger partial charge in [0.25, 0.3) is 0 Å². The van der Waals surface area contributed by atoms with E-state index in [1.807, 2.05) is 0 Å². The molecule has 110 valence electrons. The summed E-state index contributed by atoms with van der Waals surface area (Å²) in [4.78, 5) is 3.66. The summed E-state index contributed by atoms with van der Waals surface area (Å²) in [6.07, 6.45) is -3.05. The molecule has 3 aromatic rings. The summed E-state index contributed by atoms with van der Waals surface area (Å²) in [5, 5.41) is 7.58. The van der Waals surface area contributed by atoms with Crippen LogP contribution in [-0.4, -0.2) is 30.6 Å². The minimum atomic E-state index is -4.36. The highest BCUT2D eigenvalue weighted by atomic mass is 19.4. The van der Waals surface area contributed by atoms with Crippen LogP contribution in [-0.2, 0) is 6.42 Å². The summed E-state index contributed by atoms with van der Waals surface area (Å²) in [6.45, 7) is 0. The van der Waals surface area contributed by atoms with E-state index in [1.165, 1.54) is 18.5 Å². The highest BCUT2D eigenvalue weighted by Crippen LogP contribution is 2.22. The van der Waals surface area contributed by atoms with Crippen LogP contribution in [0.2, 0.25) is 0 Å². The van der Waals surface area contributed by atoms with Gasteiger partial charge in [-0.3, -0.25) is 0 Å². The second-order valence-corrected chi connectivity index (χ2v) is 4.31. The van der Waals surface area contributed by atoms with Crippen molar-refractivity contribution >= 4 is 11.5 Å². The molecule has 3 rings (SSSR count). The van der Waals surface area contributed by atoms with Crippen molar-refractivity contribution in [3.63, 3.8) is 0 Å². The first-order valence-corrected chi connectivity index (χ1v) is 5.75. The standard InChI is InChI=1S/C11H8F4N6/c12-7-3-9(21-8(7)5-17-10(16)19-21)20-2-1-6(18-20)4-11(13,14)15/h1-3,5H,4H2,(H2,16,19). The molecule has 0 saturated heterocycles. The maximum absolute atomic E-state index is 13.7. The molecule has 6 nitrogen and oxygen atoms in total. The van der Waals surface area contributed by atoms with E-state index in [1.54, 1.807) is 0 Å². The van der Waals surface area contributed by atoms with E-state index in [2.05, 4.69) is 15.2 Å². The lowest BCUT2D eigenvalue weighted by molar-refractivity contribution is -0.127. The van der Waals surface area contributed by atoms with E-state index in [9.17, 15) is 17.6 Å². The van der Waals surface area contributed by atoms with Crippen molar-refractivity contribution in [3.05, 3.63) is 36.0 Å². The largest absolute Gasteiger partial charge is 0.394 e. The van der Waals surface area contributed by atoms with Crippen LogP contribution in [0.3, 0.4) is 0 Å². The number of nitrogen functional groups attached to an aromatic ring is 1. The third kappa shape index (κ3) is 2.51. The smallest absolute Gasteiger partial charge is 0.367 e. The van der Waals surface area contributed by atoms with Gasteiger partial charge in [0.1, 0.15) is 5.52 Å². The second-order valence-electron chi connectivity index (χ2n) is 4.31. The molecule has 2 N–H and O–H groups in total. The Morgan fingerprint density at radius 2 is 2.00 bits per heavy atom. The fourth-order valence-electron chi connectivity index (χ4n) is 1.90. The van der Waals surface area contributed by atoms with Crippen molar-refractivity contribution in [2.45, 2.75) is 12.6 Å². The van der Waals surface area contributed by atoms with Crippen molar-refractivity contribution in [3.8, 4) is 5.82 Å². The van der Waals surface area contributed by atoms with E-state index in [4.69, 9.17) is 5.73 Å². The SMILES string of the molecule is Nc1ncc2c(F)cc(-n3ccc(CC(F)(F)F)n3)n2n1. The zero-order valence-corrected chi connectivity index (χ0v) is 10.3. The second kappa shape index (κ2) is 4.43. The summed E-state index contributed by atoms with van der Waals surface area (Å²) in [5.74, 6) is -0.593. The predicted octanol–water partition coefficient (Wildman–Crippen LogP) is 1.74. The normalized spacial score (nSPS) is 12.2. The lowest BCUT2D eigenvalue weighted by atomic mass is 10.3. The third-order valence-electron chi connectivity index (χ3n) is 2.73. The maximum Gasteiger partial charge on any atom is 0.394 e. The van der Waals surface area contributed by atoms with Crippen molar-refractivity contribution < 1.29 is 17.6 Å². The minimum absolute atomic E-state index is 0.0482. The molecule has 0 amide bonds. The van der Waals surface area contributed by atoms with Gasteiger partial charge in [0.2, 0.25) is 5.95 Å². The number of hydrogen-bond donors (Lipinski definition) is 1. The number of nitrogens with two attached hydrogens (primary N) is 1. The van der Waals surface area contributed by atoms with Crippen LogP contribution in [0.1, 0.15) is 5.69 Å². The van der Waals surface area contributed by atoms with Gasteiger partial charge < -0.3 is 5.73 Å². The average Bonchev–Trinajstić information content (AvgIpc) is 2.92. The van der Waals surface area contributed by atoms with Gasteiger partial charge in [-0.1, -0.05) is 0 Å². The molecule has 3 heterocycles. The molecule has 0 bridgehead atoms. The molecule has 0 aliphatic heterocycles. The van der Waals surface area contributed by atoms with E-state index in [0.29, 0.717) is 0 Å². The van der Waals surface area contributed by atoms with Gasteiger partial charge in [-0.05, 0) is 6.07 Å². The Labute approximate surface area is 114 Å². The maximum atomic E-state index is 13.7. The molecular weight excluding hydrogens is 292 g/mol. The van der Waals surface area contributed by atoms with Crippen LogP contribution in [0.4, 0.5) is 23.5 Å². The molecule has 0 aliphatic rings. The van der Waals surface area contributed by atoms with E-state index >= 15 is 0 Å². The number of hydrogen-bond acceptors (Lipinski definition) is 4. The van der Waals surface area contributed by atoms with Crippen molar-refractivity contribution in [1.29, 1.82) is 0 Å². The fraction of sp³-hybridized carbons (Fsp3) is 0.182. The van der Waals surface area contributed by atoms with Crippen molar-refractivity contribution in [2.24, 2.45) is 0 Å². The topological polar surface area (TPSA) is 74.0 Å². The zero-order valence-electron chi connectivity index (χ0n) is 10.3. The Hall–Kier alpha value is -2.65. The molecule has 0 aromatic carbocycles. The molecule has 0 fully saturated rings. The Balaban J connectivity index is 2.07. The highest BCUT2D eigenvalue weighted by molar-refractivity contribution is 5.53. The zero-order chi connectivity index (χ0) is 15.2.